The third-order valence-electron chi connectivity index (χ3n) is 6.04. The van der Waals surface area contributed by atoms with Crippen molar-refractivity contribution in [1.29, 1.82) is 0 Å². The molecule has 0 unspecified atom stereocenters. The van der Waals surface area contributed by atoms with Gasteiger partial charge in [-0.1, -0.05) is 42.5 Å². The van der Waals surface area contributed by atoms with Gasteiger partial charge < -0.3 is 15.1 Å². The number of benzene rings is 2. The first-order chi connectivity index (χ1) is 19.4. The van der Waals surface area contributed by atoms with Crippen LogP contribution >= 0.6 is 11.3 Å². The SMILES string of the molecule is Cc1cnc(Nc2ncc3c(n2)N(c2cccc(NC(=O)/C=C/CN(C)C)c2)C(=O)N(Cc2ccccc2)C3)s1.[HH].[HH]. The molecule has 0 spiro atoms. The maximum absolute atomic E-state index is 14.0. The minimum absolute atomic E-state index is 0. The first kappa shape index (κ1) is 27.0. The Labute approximate surface area is 240 Å². The van der Waals surface area contributed by atoms with E-state index in [0.717, 1.165) is 16.0 Å². The van der Waals surface area contributed by atoms with Crippen LogP contribution < -0.4 is 15.5 Å². The Balaban J connectivity index is 0.00000242. The van der Waals surface area contributed by atoms with E-state index in [-0.39, 0.29) is 14.8 Å². The van der Waals surface area contributed by atoms with Crippen LogP contribution in [-0.4, -0.2) is 57.3 Å². The van der Waals surface area contributed by atoms with Gasteiger partial charge in [-0.05, 0) is 44.8 Å². The van der Waals surface area contributed by atoms with Crippen LogP contribution in [0.3, 0.4) is 0 Å². The lowest BCUT2D eigenvalue weighted by atomic mass is 10.1. The van der Waals surface area contributed by atoms with Gasteiger partial charge in [0.15, 0.2) is 10.9 Å². The zero-order valence-electron chi connectivity index (χ0n) is 22.5. The van der Waals surface area contributed by atoms with Crippen molar-refractivity contribution in [3.05, 3.63) is 95.1 Å². The van der Waals surface area contributed by atoms with Gasteiger partial charge >= 0.3 is 6.03 Å². The second kappa shape index (κ2) is 12.1. The number of nitrogens with zero attached hydrogens (tertiary/aromatic N) is 6. The molecule has 5 rings (SSSR count). The number of hydrogen-bond donors (Lipinski definition) is 2. The molecule has 1 aliphatic heterocycles. The van der Waals surface area contributed by atoms with Crippen molar-refractivity contribution in [2.24, 2.45) is 0 Å². The number of amides is 3. The highest BCUT2D eigenvalue weighted by atomic mass is 32.1. The molecule has 40 heavy (non-hydrogen) atoms. The fraction of sp³-hybridized carbons (Fsp3) is 0.207. The van der Waals surface area contributed by atoms with Gasteiger partial charge in [0.1, 0.15) is 0 Å². The Morgan fingerprint density at radius 1 is 1.12 bits per heavy atom. The third kappa shape index (κ3) is 6.50. The number of hydrogen-bond acceptors (Lipinski definition) is 8. The van der Waals surface area contributed by atoms with Gasteiger partial charge in [-0.2, -0.15) is 4.98 Å². The van der Waals surface area contributed by atoms with Gasteiger partial charge in [-0.15, -0.1) is 11.3 Å². The minimum Gasteiger partial charge on any atom is -0.322 e. The van der Waals surface area contributed by atoms with Crippen LogP contribution in [0.1, 0.15) is 18.9 Å². The van der Waals surface area contributed by atoms with Crippen molar-refractivity contribution < 1.29 is 12.4 Å². The van der Waals surface area contributed by atoms with Crippen molar-refractivity contribution in [3.63, 3.8) is 0 Å². The number of fused-ring (bicyclic) bond motifs is 1. The van der Waals surface area contributed by atoms with Crippen LogP contribution in [0.4, 0.5) is 33.1 Å². The molecule has 0 radical (unpaired) electrons. The largest absolute Gasteiger partial charge is 0.330 e. The standard InChI is InChI=1S/C29H30N8O2S.2H2/c1-20-16-31-28(40-20)34-27-30-17-22-19-36(18-21-9-5-4-6-10-21)29(39)37(26(22)33-27)24-12-7-11-23(15-24)32-25(38)13-8-14-35(2)3;;/h4-13,15-17H,14,18-19H2,1-3H3,(H,32,38)(H,30,31,33,34);2*1H/b13-8+;;. The van der Waals surface area contributed by atoms with E-state index in [9.17, 15) is 9.59 Å². The average molecular weight is 559 g/mol. The van der Waals surface area contributed by atoms with Gasteiger partial charge in [-0.25, -0.2) is 19.7 Å². The van der Waals surface area contributed by atoms with E-state index in [2.05, 4.69) is 20.6 Å². The number of thiazole rings is 1. The number of urea groups is 1. The van der Waals surface area contributed by atoms with E-state index in [0.29, 0.717) is 47.9 Å². The maximum Gasteiger partial charge on any atom is 0.330 e. The number of aryl methyl sites for hydroxylation is 1. The monoisotopic (exact) mass is 558 g/mol. The van der Waals surface area contributed by atoms with Crippen molar-refractivity contribution >= 4 is 51.5 Å². The Morgan fingerprint density at radius 3 is 2.70 bits per heavy atom. The first-order valence-electron chi connectivity index (χ1n) is 12.8. The van der Waals surface area contributed by atoms with Crippen LogP contribution in [0, 0.1) is 6.92 Å². The lowest BCUT2D eigenvalue weighted by Gasteiger charge is -2.36. The Bertz CT molecular complexity index is 1550. The number of rotatable bonds is 9. The van der Waals surface area contributed by atoms with E-state index < -0.39 is 0 Å². The van der Waals surface area contributed by atoms with Crippen LogP contribution in [0.2, 0.25) is 0 Å². The summed E-state index contributed by atoms with van der Waals surface area (Å²) in [6, 6.07) is 16.8. The molecule has 2 aromatic heterocycles. The second-order valence-electron chi connectivity index (χ2n) is 9.61. The van der Waals surface area contributed by atoms with E-state index in [4.69, 9.17) is 4.98 Å². The highest BCUT2D eigenvalue weighted by Gasteiger charge is 2.33. The summed E-state index contributed by atoms with van der Waals surface area (Å²) >= 11 is 1.49. The molecule has 208 valence electrons. The van der Waals surface area contributed by atoms with Gasteiger partial charge in [0.25, 0.3) is 0 Å². The summed E-state index contributed by atoms with van der Waals surface area (Å²) in [6.45, 7) is 3.42. The topological polar surface area (TPSA) is 107 Å². The molecule has 0 bridgehead atoms. The normalized spacial score (nSPS) is 13.2. The first-order valence-corrected chi connectivity index (χ1v) is 13.6. The number of aromatic nitrogens is 3. The van der Waals surface area contributed by atoms with Gasteiger partial charge in [0.2, 0.25) is 11.9 Å². The molecule has 2 N–H and O–H groups in total. The summed E-state index contributed by atoms with van der Waals surface area (Å²) in [7, 11) is 3.87. The zero-order chi connectivity index (χ0) is 28.1. The molecule has 4 aromatic rings. The number of nitrogens with one attached hydrogen (secondary N) is 2. The summed E-state index contributed by atoms with van der Waals surface area (Å²) in [5.41, 5.74) is 2.96. The Hall–Kier alpha value is -4.61. The van der Waals surface area contributed by atoms with Crippen LogP contribution in [0.15, 0.2) is 79.1 Å². The van der Waals surface area contributed by atoms with Gasteiger partial charge in [-0.3, -0.25) is 10.1 Å². The number of anilines is 5. The van der Waals surface area contributed by atoms with E-state index in [1.165, 1.54) is 17.4 Å². The third-order valence-corrected chi connectivity index (χ3v) is 6.87. The van der Waals surface area contributed by atoms with Crippen molar-refractivity contribution in [1.82, 2.24) is 24.8 Å². The predicted octanol–water partition coefficient (Wildman–Crippen LogP) is 5.81. The molecule has 0 saturated carbocycles. The molecule has 0 fully saturated rings. The van der Waals surface area contributed by atoms with E-state index >= 15 is 0 Å². The Morgan fingerprint density at radius 2 is 1.95 bits per heavy atom. The highest BCUT2D eigenvalue weighted by molar-refractivity contribution is 7.15. The molecule has 1 aliphatic rings. The van der Waals surface area contributed by atoms with E-state index in [1.54, 1.807) is 46.5 Å². The van der Waals surface area contributed by atoms with E-state index in [1.807, 2.05) is 62.3 Å². The van der Waals surface area contributed by atoms with Crippen LogP contribution in [-0.2, 0) is 17.9 Å². The molecular formula is C29H34N8O2S. The lowest BCUT2D eigenvalue weighted by molar-refractivity contribution is -0.111. The summed E-state index contributed by atoms with van der Waals surface area (Å²) < 4.78 is 0. The molecule has 3 heterocycles. The summed E-state index contributed by atoms with van der Waals surface area (Å²) in [4.78, 5) is 46.4. The smallest absolute Gasteiger partial charge is 0.322 e. The van der Waals surface area contributed by atoms with Crippen molar-refractivity contribution in [2.45, 2.75) is 20.0 Å². The molecule has 0 aliphatic carbocycles. The quantitative estimate of drug-likeness (QED) is 0.250. The summed E-state index contributed by atoms with van der Waals surface area (Å²) in [5.74, 6) is 0.579. The average Bonchev–Trinajstić information content (AvgIpc) is 3.34. The molecule has 2 aromatic carbocycles. The molecule has 3 amide bonds. The number of likely N-dealkylation sites (N-methyl/N-ethyl adjacent to an activating group) is 1. The van der Waals surface area contributed by atoms with Gasteiger partial charge in [0, 0.05) is 50.5 Å². The maximum atomic E-state index is 14.0. The molecule has 10 nitrogen and oxygen atoms in total. The zero-order valence-corrected chi connectivity index (χ0v) is 23.4. The van der Waals surface area contributed by atoms with Crippen LogP contribution in [0.5, 0.6) is 0 Å². The van der Waals surface area contributed by atoms with Crippen molar-refractivity contribution in [3.8, 4) is 0 Å². The number of carbonyl (C=O) groups excluding carboxylic acids is 2. The Kier molecular flexibility index (Phi) is 8.13. The molecule has 0 saturated heterocycles. The summed E-state index contributed by atoms with van der Waals surface area (Å²) in [6.07, 6.45) is 6.81. The van der Waals surface area contributed by atoms with Crippen molar-refractivity contribution in [2.75, 3.05) is 36.2 Å². The van der Waals surface area contributed by atoms with Crippen LogP contribution in [0.25, 0.3) is 0 Å². The summed E-state index contributed by atoms with van der Waals surface area (Å²) in [5, 5.41) is 6.70. The fourth-order valence-corrected chi connectivity index (χ4v) is 4.87. The number of carbonyl (C=O) groups is 2. The predicted molar refractivity (Wildman–Crippen MR) is 162 cm³/mol. The molecular weight excluding hydrogens is 524 g/mol. The molecule has 0 atom stereocenters. The minimum atomic E-state index is -0.248. The molecule has 11 heteroatoms. The highest BCUT2D eigenvalue weighted by Crippen LogP contribution is 2.36. The fourth-order valence-electron chi connectivity index (χ4n) is 4.21. The lowest BCUT2D eigenvalue weighted by Crippen LogP contribution is -2.45. The van der Waals surface area contributed by atoms with Gasteiger partial charge in [0.05, 0.1) is 12.2 Å². The second-order valence-corrected chi connectivity index (χ2v) is 10.8.